The van der Waals surface area contributed by atoms with E-state index in [1.165, 1.54) is 7.11 Å². The van der Waals surface area contributed by atoms with Crippen LogP contribution in [0.2, 0.25) is 0 Å². The van der Waals surface area contributed by atoms with Crippen LogP contribution < -0.4 is 16.4 Å². The first-order valence-electron chi connectivity index (χ1n) is 6.44. The number of anilines is 2. The summed E-state index contributed by atoms with van der Waals surface area (Å²) in [5, 5.41) is 5.51. The summed E-state index contributed by atoms with van der Waals surface area (Å²) in [6.45, 7) is 3.75. The van der Waals surface area contributed by atoms with E-state index in [0.717, 1.165) is 5.56 Å². The minimum Gasteiger partial charge on any atom is -0.383 e. The minimum atomic E-state index is -0.728. The van der Waals surface area contributed by atoms with Crippen LogP contribution in [0.15, 0.2) is 18.2 Å². The molecule has 4 N–H and O–H groups in total. The van der Waals surface area contributed by atoms with Crippen molar-refractivity contribution in [3.63, 3.8) is 0 Å². The molecule has 0 aliphatic heterocycles. The fraction of sp³-hybridized carbons (Fsp3) is 0.429. The summed E-state index contributed by atoms with van der Waals surface area (Å²) in [6.07, 6.45) is 0.398. The molecular formula is C14H21N3O3. The van der Waals surface area contributed by atoms with Gasteiger partial charge in [0.05, 0.1) is 6.61 Å². The monoisotopic (exact) mass is 279 g/mol. The van der Waals surface area contributed by atoms with Gasteiger partial charge in [-0.05, 0) is 24.6 Å². The summed E-state index contributed by atoms with van der Waals surface area (Å²) in [7, 11) is 1.49. The lowest BCUT2D eigenvalue weighted by atomic mass is 10.1. The van der Waals surface area contributed by atoms with Crippen molar-refractivity contribution in [2.24, 2.45) is 5.73 Å². The summed E-state index contributed by atoms with van der Waals surface area (Å²) >= 11 is 0. The Kier molecular flexibility index (Phi) is 6.14. The molecule has 20 heavy (non-hydrogen) atoms. The Morgan fingerprint density at radius 2 is 1.90 bits per heavy atom. The van der Waals surface area contributed by atoms with Crippen molar-refractivity contribution in [3.05, 3.63) is 23.8 Å². The van der Waals surface area contributed by atoms with E-state index in [0.29, 0.717) is 17.8 Å². The van der Waals surface area contributed by atoms with Crippen molar-refractivity contribution in [1.82, 2.24) is 0 Å². The van der Waals surface area contributed by atoms with E-state index in [1.807, 2.05) is 6.92 Å². The summed E-state index contributed by atoms with van der Waals surface area (Å²) < 4.78 is 4.84. The van der Waals surface area contributed by atoms with Crippen LogP contribution >= 0.6 is 0 Å². The van der Waals surface area contributed by atoms with Crippen molar-refractivity contribution >= 4 is 23.2 Å². The second-order valence-electron chi connectivity index (χ2n) is 4.43. The minimum absolute atomic E-state index is 0.0762. The molecule has 1 unspecified atom stereocenters. The molecule has 6 heteroatoms. The number of nitrogens with one attached hydrogen (secondary N) is 2. The topological polar surface area (TPSA) is 93.5 Å². The molecule has 0 aliphatic carbocycles. The predicted octanol–water partition coefficient (Wildman–Crippen LogP) is 1.26. The van der Waals surface area contributed by atoms with Crippen LogP contribution in [-0.2, 0) is 14.3 Å². The predicted molar refractivity (Wildman–Crippen MR) is 78.6 cm³/mol. The third-order valence-corrected chi connectivity index (χ3v) is 2.87. The first-order chi connectivity index (χ1) is 9.49. The molecule has 0 radical (unpaired) electrons. The molecule has 0 saturated carbocycles. The molecule has 0 bridgehead atoms. The molecule has 0 heterocycles. The number of nitrogens with two attached hydrogens (primary N) is 1. The average molecular weight is 279 g/mol. The summed E-state index contributed by atoms with van der Waals surface area (Å²) in [5.74, 6) is -0.401. The molecule has 0 saturated heterocycles. The van der Waals surface area contributed by atoms with Crippen molar-refractivity contribution in [2.75, 3.05) is 24.4 Å². The van der Waals surface area contributed by atoms with E-state index in [2.05, 4.69) is 10.6 Å². The third-order valence-electron chi connectivity index (χ3n) is 2.87. The normalized spacial score (nSPS) is 11.8. The van der Waals surface area contributed by atoms with Crippen molar-refractivity contribution in [2.45, 2.75) is 26.3 Å². The van der Waals surface area contributed by atoms with Gasteiger partial charge in [0.1, 0.15) is 6.04 Å². The Morgan fingerprint density at radius 3 is 2.45 bits per heavy atom. The zero-order valence-electron chi connectivity index (χ0n) is 12.0. The molecule has 0 aromatic heterocycles. The van der Waals surface area contributed by atoms with Gasteiger partial charge in [-0.1, -0.05) is 13.0 Å². The van der Waals surface area contributed by atoms with E-state index < -0.39 is 6.04 Å². The van der Waals surface area contributed by atoms with E-state index >= 15 is 0 Å². The Hall–Kier alpha value is -1.92. The standard InChI is InChI=1S/C14H21N3O3/c1-4-13(18)16-11-6-5-7-12(9(11)2)17-14(19)10(15)8-20-3/h5-7,10H,4,8,15H2,1-3H3,(H,16,18)(H,17,19). The summed E-state index contributed by atoms with van der Waals surface area (Å²) in [6, 6.07) is 4.57. The maximum Gasteiger partial charge on any atom is 0.243 e. The van der Waals surface area contributed by atoms with E-state index in [-0.39, 0.29) is 18.4 Å². The van der Waals surface area contributed by atoms with Gasteiger partial charge in [0, 0.05) is 24.9 Å². The molecular weight excluding hydrogens is 258 g/mol. The van der Waals surface area contributed by atoms with Crippen LogP contribution in [0.1, 0.15) is 18.9 Å². The number of hydrogen-bond acceptors (Lipinski definition) is 4. The lowest BCUT2D eigenvalue weighted by molar-refractivity contribution is -0.118. The maximum atomic E-state index is 11.8. The van der Waals surface area contributed by atoms with Crippen molar-refractivity contribution in [1.29, 1.82) is 0 Å². The highest BCUT2D eigenvalue weighted by atomic mass is 16.5. The Morgan fingerprint density at radius 1 is 1.30 bits per heavy atom. The smallest absolute Gasteiger partial charge is 0.243 e. The maximum absolute atomic E-state index is 11.8. The summed E-state index contributed by atoms with van der Waals surface area (Å²) in [5.41, 5.74) is 7.74. The highest BCUT2D eigenvalue weighted by Gasteiger charge is 2.15. The summed E-state index contributed by atoms with van der Waals surface area (Å²) in [4.78, 5) is 23.3. The Labute approximate surface area is 118 Å². The van der Waals surface area contributed by atoms with Gasteiger partial charge in [-0.15, -0.1) is 0 Å². The highest BCUT2D eigenvalue weighted by molar-refractivity contribution is 5.97. The van der Waals surface area contributed by atoms with E-state index in [1.54, 1.807) is 25.1 Å². The second kappa shape index (κ2) is 7.62. The number of methoxy groups -OCH3 is 1. The largest absolute Gasteiger partial charge is 0.383 e. The molecule has 0 fully saturated rings. The van der Waals surface area contributed by atoms with Gasteiger partial charge in [-0.3, -0.25) is 9.59 Å². The van der Waals surface area contributed by atoms with Gasteiger partial charge < -0.3 is 21.1 Å². The van der Waals surface area contributed by atoms with Crippen LogP contribution in [0.3, 0.4) is 0 Å². The second-order valence-corrected chi connectivity index (χ2v) is 4.43. The number of hydrogen-bond donors (Lipinski definition) is 3. The molecule has 2 amide bonds. The van der Waals surface area contributed by atoms with Crippen LogP contribution in [0.4, 0.5) is 11.4 Å². The highest BCUT2D eigenvalue weighted by Crippen LogP contribution is 2.23. The molecule has 1 rings (SSSR count). The fourth-order valence-electron chi connectivity index (χ4n) is 1.63. The number of carbonyl (C=O) groups is 2. The number of benzene rings is 1. The number of ether oxygens (including phenoxy) is 1. The van der Waals surface area contributed by atoms with Gasteiger partial charge in [0.15, 0.2) is 0 Å². The van der Waals surface area contributed by atoms with Crippen LogP contribution in [0.5, 0.6) is 0 Å². The van der Waals surface area contributed by atoms with E-state index in [4.69, 9.17) is 10.5 Å². The molecule has 1 aromatic carbocycles. The van der Waals surface area contributed by atoms with Gasteiger partial charge in [-0.2, -0.15) is 0 Å². The quantitative estimate of drug-likeness (QED) is 0.730. The van der Waals surface area contributed by atoms with Crippen molar-refractivity contribution < 1.29 is 14.3 Å². The molecule has 0 spiro atoms. The van der Waals surface area contributed by atoms with Gasteiger partial charge in [-0.25, -0.2) is 0 Å². The first kappa shape index (κ1) is 16.1. The Balaban J connectivity index is 2.83. The molecule has 6 nitrogen and oxygen atoms in total. The van der Waals surface area contributed by atoms with Gasteiger partial charge >= 0.3 is 0 Å². The molecule has 0 aliphatic rings. The molecule has 1 aromatic rings. The average Bonchev–Trinajstić information content (AvgIpc) is 2.43. The van der Waals surface area contributed by atoms with E-state index in [9.17, 15) is 9.59 Å². The lowest BCUT2D eigenvalue weighted by Gasteiger charge is -2.15. The molecule has 1 atom stereocenters. The first-order valence-corrected chi connectivity index (χ1v) is 6.44. The van der Waals surface area contributed by atoms with Crippen LogP contribution in [0, 0.1) is 6.92 Å². The zero-order chi connectivity index (χ0) is 15.1. The SMILES string of the molecule is CCC(=O)Nc1cccc(NC(=O)C(N)COC)c1C. The van der Waals surface area contributed by atoms with Crippen molar-refractivity contribution in [3.8, 4) is 0 Å². The number of amides is 2. The van der Waals surface area contributed by atoms with Gasteiger partial charge in [0.2, 0.25) is 11.8 Å². The van der Waals surface area contributed by atoms with Crippen LogP contribution in [0.25, 0.3) is 0 Å². The van der Waals surface area contributed by atoms with Crippen LogP contribution in [-0.4, -0.2) is 31.6 Å². The Bertz CT molecular complexity index is 489. The molecule has 110 valence electrons. The third kappa shape index (κ3) is 4.32. The zero-order valence-corrected chi connectivity index (χ0v) is 12.0. The number of rotatable bonds is 6. The number of carbonyl (C=O) groups excluding carboxylic acids is 2. The van der Waals surface area contributed by atoms with Gasteiger partial charge in [0.25, 0.3) is 0 Å². The lowest BCUT2D eigenvalue weighted by Crippen LogP contribution is -2.39. The fourth-order valence-corrected chi connectivity index (χ4v) is 1.63.